The highest BCUT2D eigenvalue weighted by molar-refractivity contribution is 6.30. The van der Waals surface area contributed by atoms with Gasteiger partial charge in [0.1, 0.15) is 0 Å². The molecule has 0 spiro atoms. The van der Waals surface area contributed by atoms with Gasteiger partial charge in [0.15, 0.2) is 11.7 Å². The number of Topliss-reactive ketones (excluding diaryl/α,β-unsaturated/α-hetero) is 1. The van der Waals surface area contributed by atoms with Crippen LogP contribution in [-0.4, -0.2) is 23.1 Å². The van der Waals surface area contributed by atoms with E-state index in [0.29, 0.717) is 0 Å². The fraction of sp³-hybridized carbons (Fsp3) is 0.667. The lowest BCUT2D eigenvalue weighted by molar-refractivity contribution is -0.131. The van der Waals surface area contributed by atoms with Gasteiger partial charge >= 0.3 is 0 Å². The van der Waals surface area contributed by atoms with Gasteiger partial charge in [-0.25, -0.2) is 0 Å². The first-order chi connectivity index (χ1) is 6.31. The molecular weight excluding hydrogens is 204 g/mol. The number of rotatable bonds is 3. The molecule has 0 bridgehead atoms. The summed E-state index contributed by atoms with van der Waals surface area (Å²) in [6, 6.07) is 1.63. The Hall–Kier alpha value is -1.08. The van der Waals surface area contributed by atoms with E-state index in [2.05, 4.69) is 5.32 Å². The van der Waals surface area contributed by atoms with Crippen LogP contribution in [0.2, 0.25) is 0 Å². The first-order valence-electron chi connectivity index (χ1n) is 4.12. The lowest BCUT2D eigenvalue weighted by atomic mass is 10.0. The lowest BCUT2D eigenvalue weighted by Gasteiger charge is -2.21. The van der Waals surface area contributed by atoms with Crippen molar-refractivity contribution in [1.29, 1.82) is 5.26 Å². The topological polar surface area (TPSA) is 70.0 Å². The van der Waals surface area contributed by atoms with E-state index in [0.717, 1.165) is 0 Å². The third-order valence-corrected chi connectivity index (χ3v) is 1.61. The van der Waals surface area contributed by atoms with Crippen LogP contribution < -0.4 is 5.32 Å². The number of alkyl halides is 1. The van der Waals surface area contributed by atoms with Crippen molar-refractivity contribution < 1.29 is 9.59 Å². The molecule has 0 aliphatic rings. The Bertz CT molecular complexity index is 276. The molecule has 78 valence electrons. The Balaban J connectivity index is 4.51. The Kier molecular flexibility index (Phi) is 4.58. The molecular formula is C9H13ClN2O2. The number of carbonyl (C=O) groups is 2. The summed E-state index contributed by atoms with van der Waals surface area (Å²) in [5, 5.41) is 11.1. The SMILES string of the molecule is CC(C)(C)NC(=O)C(C#N)C(=O)CCl. The fourth-order valence-corrected chi connectivity index (χ4v) is 0.950. The van der Waals surface area contributed by atoms with Crippen LogP contribution in [0, 0.1) is 17.2 Å². The fourth-order valence-electron chi connectivity index (χ4n) is 0.796. The van der Waals surface area contributed by atoms with E-state index in [1.807, 2.05) is 0 Å². The van der Waals surface area contributed by atoms with Crippen molar-refractivity contribution in [3.8, 4) is 6.07 Å². The molecule has 0 aliphatic carbocycles. The standard InChI is InChI=1S/C9H13ClN2O2/c1-9(2,3)12-8(14)6(5-11)7(13)4-10/h6H,4H2,1-3H3,(H,12,14). The third-order valence-electron chi connectivity index (χ3n) is 1.34. The maximum atomic E-state index is 11.4. The van der Waals surface area contributed by atoms with E-state index in [1.165, 1.54) is 0 Å². The number of amides is 1. The number of nitrogens with zero attached hydrogens (tertiary/aromatic N) is 1. The molecule has 14 heavy (non-hydrogen) atoms. The molecule has 1 N–H and O–H groups in total. The Morgan fingerprint density at radius 2 is 2.00 bits per heavy atom. The highest BCUT2D eigenvalue weighted by atomic mass is 35.5. The highest BCUT2D eigenvalue weighted by Gasteiger charge is 2.28. The van der Waals surface area contributed by atoms with E-state index in [-0.39, 0.29) is 5.88 Å². The molecule has 1 atom stereocenters. The number of ketones is 1. The molecule has 4 nitrogen and oxygen atoms in total. The number of nitrogens with one attached hydrogen (secondary N) is 1. The van der Waals surface area contributed by atoms with Crippen LogP contribution in [0.15, 0.2) is 0 Å². The number of hydrogen-bond donors (Lipinski definition) is 1. The van der Waals surface area contributed by atoms with E-state index in [9.17, 15) is 9.59 Å². The average molecular weight is 217 g/mol. The van der Waals surface area contributed by atoms with E-state index >= 15 is 0 Å². The summed E-state index contributed by atoms with van der Waals surface area (Å²) in [7, 11) is 0. The predicted molar refractivity (Wildman–Crippen MR) is 52.7 cm³/mol. The lowest BCUT2D eigenvalue weighted by Crippen LogP contribution is -2.45. The van der Waals surface area contributed by atoms with Crippen molar-refractivity contribution in [1.82, 2.24) is 5.32 Å². The van der Waals surface area contributed by atoms with Crippen LogP contribution in [0.25, 0.3) is 0 Å². The van der Waals surface area contributed by atoms with Gasteiger partial charge in [-0.2, -0.15) is 5.26 Å². The van der Waals surface area contributed by atoms with Gasteiger partial charge in [0.05, 0.1) is 11.9 Å². The van der Waals surface area contributed by atoms with Gasteiger partial charge < -0.3 is 5.32 Å². The first kappa shape index (κ1) is 12.9. The molecule has 0 aliphatic heterocycles. The van der Waals surface area contributed by atoms with Gasteiger partial charge in [-0.15, -0.1) is 11.6 Å². The Labute approximate surface area is 88.2 Å². The van der Waals surface area contributed by atoms with Crippen molar-refractivity contribution in [3.05, 3.63) is 0 Å². The highest BCUT2D eigenvalue weighted by Crippen LogP contribution is 2.04. The molecule has 5 heteroatoms. The van der Waals surface area contributed by atoms with Crippen LogP contribution in [0.5, 0.6) is 0 Å². The summed E-state index contributed by atoms with van der Waals surface area (Å²) < 4.78 is 0. The second-order valence-corrected chi connectivity index (χ2v) is 4.17. The second kappa shape index (κ2) is 4.97. The first-order valence-corrected chi connectivity index (χ1v) is 4.65. The number of halogens is 1. The zero-order valence-electron chi connectivity index (χ0n) is 8.43. The number of nitriles is 1. The molecule has 1 unspecified atom stereocenters. The zero-order valence-corrected chi connectivity index (χ0v) is 9.18. The summed E-state index contributed by atoms with van der Waals surface area (Å²) in [6.45, 7) is 5.31. The van der Waals surface area contributed by atoms with Crippen molar-refractivity contribution in [2.24, 2.45) is 5.92 Å². The minimum absolute atomic E-state index is 0.324. The Morgan fingerprint density at radius 3 is 2.29 bits per heavy atom. The van der Waals surface area contributed by atoms with Crippen LogP contribution in [-0.2, 0) is 9.59 Å². The maximum absolute atomic E-state index is 11.4. The maximum Gasteiger partial charge on any atom is 0.245 e. The summed E-state index contributed by atoms with van der Waals surface area (Å²) in [6.07, 6.45) is 0. The molecule has 0 heterocycles. The molecule has 1 amide bonds. The van der Waals surface area contributed by atoms with Gasteiger partial charge in [0.25, 0.3) is 0 Å². The van der Waals surface area contributed by atoms with Crippen LogP contribution in [0.4, 0.5) is 0 Å². The minimum Gasteiger partial charge on any atom is -0.350 e. The van der Waals surface area contributed by atoms with E-state index in [1.54, 1.807) is 26.8 Å². The smallest absolute Gasteiger partial charge is 0.245 e. The molecule has 0 aromatic carbocycles. The normalized spacial score (nSPS) is 12.8. The van der Waals surface area contributed by atoms with Crippen LogP contribution >= 0.6 is 11.6 Å². The predicted octanol–water partition coefficient (Wildman–Crippen LogP) is 0.849. The number of carbonyl (C=O) groups excluding carboxylic acids is 2. The molecule has 0 saturated carbocycles. The molecule has 0 aromatic heterocycles. The van der Waals surface area contributed by atoms with Gasteiger partial charge in [-0.3, -0.25) is 9.59 Å². The van der Waals surface area contributed by atoms with Crippen LogP contribution in [0.3, 0.4) is 0 Å². The summed E-state index contributed by atoms with van der Waals surface area (Å²) in [5.74, 6) is -2.79. The summed E-state index contributed by atoms with van der Waals surface area (Å²) in [5.41, 5.74) is -0.460. The average Bonchev–Trinajstić information content (AvgIpc) is 2.01. The second-order valence-electron chi connectivity index (χ2n) is 3.90. The van der Waals surface area contributed by atoms with Crippen molar-refractivity contribution in [3.63, 3.8) is 0 Å². The van der Waals surface area contributed by atoms with E-state index in [4.69, 9.17) is 16.9 Å². The van der Waals surface area contributed by atoms with Crippen molar-refractivity contribution in [2.75, 3.05) is 5.88 Å². The van der Waals surface area contributed by atoms with E-state index < -0.39 is 23.1 Å². The van der Waals surface area contributed by atoms with Gasteiger partial charge in [0.2, 0.25) is 5.91 Å². The van der Waals surface area contributed by atoms with Gasteiger partial charge in [0, 0.05) is 5.54 Å². The largest absolute Gasteiger partial charge is 0.350 e. The van der Waals surface area contributed by atoms with Gasteiger partial charge in [-0.05, 0) is 20.8 Å². The zero-order chi connectivity index (χ0) is 11.4. The Morgan fingerprint density at radius 1 is 1.50 bits per heavy atom. The molecule has 0 saturated heterocycles. The number of hydrogen-bond acceptors (Lipinski definition) is 3. The minimum atomic E-state index is -1.30. The monoisotopic (exact) mass is 216 g/mol. The summed E-state index contributed by atoms with van der Waals surface area (Å²) in [4.78, 5) is 22.4. The quantitative estimate of drug-likeness (QED) is 0.562. The van der Waals surface area contributed by atoms with Crippen molar-refractivity contribution in [2.45, 2.75) is 26.3 Å². The van der Waals surface area contributed by atoms with Crippen molar-refractivity contribution >= 4 is 23.3 Å². The molecule has 0 fully saturated rings. The molecule has 0 rings (SSSR count). The third kappa shape index (κ3) is 4.24. The van der Waals surface area contributed by atoms with Gasteiger partial charge in [-0.1, -0.05) is 0 Å². The molecule has 0 radical (unpaired) electrons. The van der Waals surface area contributed by atoms with Crippen LogP contribution in [0.1, 0.15) is 20.8 Å². The summed E-state index contributed by atoms with van der Waals surface area (Å²) >= 11 is 5.26. The molecule has 0 aromatic rings.